The maximum Gasteiger partial charge on any atom is 0.118 e. The molecular weight excluding hydrogens is 322 g/mol. The molecule has 0 radical (unpaired) electrons. The summed E-state index contributed by atoms with van der Waals surface area (Å²) in [5, 5.41) is 0. The predicted molar refractivity (Wildman–Crippen MR) is 103 cm³/mol. The summed E-state index contributed by atoms with van der Waals surface area (Å²) < 4.78 is 5.23. The van der Waals surface area contributed by atoms with Crippen molar-refractivity contribution in [1.82, 2.24) is 15.0 Å². The minimum atomic E-state index is 0.819. The first-order chi connectivity index (χ1) is 12.8. The van der Waals surface area contributed by atoms with Crippen molar-refractivity contribution < 1.29 is 4.74 Å². The molecule has 3 heterocycles. The van der Waals surface area contributed by atoms with E-state index in [1.807, 2.05) is 66.9 Å². The summed E-state index contributed by atoms with van der Waals surface area (Å²) in [5.74, 6) is 0.838. The zero-order chi connectivity index (χ0) is 17.8. The fourth-order valence-corrected chi connectivity index (χ4v) is 2.86. The van der Waals surface area contributed by atoms with Gasteiger partial charge in [0, 0.05) is 24.2 Å². The van der Waals surface area contributed by atoms with Crippen molar-refractivity contribution in [3.8, 4) is 39.5 Å². The van der Waals surface area contributed by atoms with Crippen LogP contribution in [0.15, 0.2) is 85.3 Å². The lowest BCUT2D eigenvalue weighted by Gasteiger charge is -2.09. The monoisotopic (exact) mass is 339 g/mol. The van der Waals surface area contributed by atoms with Gasteiger partial charge in [-0.1, -0.05) is 18.2 Å². The number of ether oxygens (including phenoxy) is 1. The van der Waals surface area contributed by atoms with Gasteiger partial charge in [-0.25, -0.2) is 0 Å². The van der Waals surface area contributed by atoms with Gasteiger partial charge in [-0.15, -0.1) is 0 Å². The largest absolute Gasteiger partial charge is 0.497 e. The van der Waals surface area contributed by atoms with Gasteiger partial charge in [-0.2, -0.15) is 0 Å². The first kappa shape index (κ1) is 16.0. The van der Waals surface area contributed by atoms with Crippen LogP contribution >= 0.6 is 0 Å². The highest BCUT2D eigenvalue weighted by atomic mass is 16.5. The summed E-state index contributed by atoms with van der Waals surface area (Å²) in [6.45, 7) is 0. The zero-order valence-electron chi connectivity index (χ0n) is 14.3. The van der Waals surface area contributed by atoms with Gasteiger partial charge in [-0.05, 0) is 59.7 Å². The van der Waals surface area contributed by atoms with Crippen LogP contribution in [-0.4, -0.2) is 22.1 Å². The minimum Gasteiger partial charge on any atom is -0.497 e. The zero-order valence-corrected chi connectivity index (χ0v) is 14.3. The molecule has 4 nitrogen and oxygen atoms in total. The highest BCUT2D eigenvalue weighted by Gasteiger charge is 2.11. The summed E-state index contributed by atoms with van der Waals surface area (Å²) in [4.78, 5) is 13.6. The van der Waals surface area contributed by atoms with Crippen LogP contribution in [-0.2, 0) is 0 Å². The van der Waals surface area contributed by atoms with Crippen molar-refractivity contribution in [2.45, 2.75) is 0 Å². The van der Waals surface area contributed by atoms with Gasteiger partial charge in [-0.3, -0.25) is 15.0 Å². The smallest absolute Gasteiger partial charge is 0.118 e. The van der Waals surface area contributed by atoms with E-state index >= 15 is 0 Å². The van der Waals surface area contributed by atoms with Crippen LogP contribution in [0, 0.1) is 0 Å². The summed E-state index contributed by atoms with van der Waals surface area (Å²) in [5.41, 5.74) is 5.67. The van der Waals surface area contributed by atoms with Crippen molar-refractivity contribution in [3.05, 3.63) is 85.3 Å². The molecule has 0 aliphatic rings. The Bertz CT molecular complexity index is 1010. The van der Waals surface area contributed by atoms with Crippen LogP contribution in [0.1, 0.15) is 0 Å². The number of methoxy groups -OCH3 is 1. The first-order valence-corrected chi connectivity index (χ1v) is 8.32. The Hall–Kier alpha value is -3.53. The van der Waals surface area contributed by atoms with Crippen molar-refractivity contribution in [2.24, 2.45) is 0 Å². The third-order valence-electron chi connectivity index (χ3n) is 4.17. The second kappa shape index (κ2) is 7.15. The number of hydrogen-bond donors (Lipinski definition) is 0. The lowest BCUT2D eigenvalue weighted by atomic mass is 10.0. The molecule has 4 rings (SSSR count). The molecule has 26 heavy (non-hydrogen) atoms. The molecule has 0 amide bonds. The number of rotatable bonds is 4. The van der Waals surface area contributed by atoms with Crippen molar-refractivity contribution in [2.75, 3.05) is 7.11 Å². The van der Waals surface area contributed by atoms with Gasteiger partial charge >= 0.3 is 0 Å². The second-order valence-corrected chi connectivity index (χ2v) is 5.77. The molecule has 4 aromatic rings. The van der Waals surface area contributed by atoms with E-state index in [9.17, 15) is 0 Å². The van der Waals surface area contributed by atoms with Gasteiger partial charge in [0.15, 0.2) is 0 Å². The van der Waals surface area contributed by atoms with Gasteiger partial charge in [0.2, 0.25) is 0 Å². The second-order valence-electron chi connectivity index (χ2n) is 5.77. The van der Waals surface area contributed by atoms with Gasteiger partial charge in [0.1, 0.15) is 5.75 Å². The minimum absolute atomic E-state index is 0.819. The van der Waals surface area contributed by atoms with Crippen LogP contribution in [0.5, 0.6) is 5.75 Å². The quantitative estimate of drug-likeness (QED) is 0.531. The Morgan fingerprint density at radius 1 is 0.654 bits per heavy atom. The predicted octanol–water partition coefficient (Wildman–Crippen LogP) is 4.88. The molecule has 0 atom stereocenters. The Kier molecular flexibility index (Phi) is 4.39. The molecule has 0 bridgehead atoms. The molecular formula is C22H17N3O. The number of benzene rings is 1. The van der Waals surface area contributed by atoms with E-state index in [1.165, 1.54) is 0 Å². The van der Waals surface area contributed by atoms with Crippen LogP contribution < -0.4 is 4.74 Å². The lowest BCUT2D eigenvalue weighted by molar-refractivity contribution is 0.415. The highest BCUT2D eigenvalue weighted by molar-refractivity contribution is 5.79. The van der Waals surface area contributed by atoms with Gasteiger partial charge in [0.25, 0.3) is 0 Å². The topological polar surface area (TPSA) is 47.9 Å². The molecule has 0 aliphatic carbocycles. The molecule has 0 fully saturated rings. The van der Waals surface area contributed by atoms with Crippen LogP contribution in [0.4, 0.5) is 0 Å². The standard InChI is InChI=1S/C22H17N3O/c1-26-18-9-7-16(8-10-18)17-11-14-24-21(15-17)22-19(5-4-13-25-22)20-6-2-3-12-23-20/h2-15H,1H3. The van der Waals surface area contributed by atoms with Gasteiger partial charge < -0.3 is 4.74 Å². The Balaban J connectivity index is 1.78. The van der Waals surface area contributed by atoms with Crippen molar-refractivity contribution in [1.29, 1.82) is 0 Å². The van der Waals surface area contributed by atoms with E-state index in [0.717, 1.165) is 39.5 Å². The van der Waals surface area contributed by atoms with E-state index in [0.29, 0.717) is 0 Å². The van der Waals surface area contributed by atoms with E-state index in [4.69, 9.17) is 4.74 Å². The fourth-order valence-electron chi connectivity index (χ4n) is 2.86. The average Bonchev–Trinajstić information content (AvgIpc) is 2.74. The number of aromatic nitrogens is 3. The molecule has 3 aromatic heterocycles. The van der Waals surface area contributed by atoms with Gasteiger partial charge in [0.05, 0.1) is 24.2 Å². The van der Waals surface area contributed by atoms with E-state index in [2.05, 4.69) is 21.0 Å². The summed E-state index contributed by atoms with van der Waals surface area (Å²) in [7, 11) is 1.67. The number of hydrogen-bond acceptors (Lipinski definition) is 4. The van der Waals surface area contributed by atoms with Crippen LogP contribution in [0.2, 0.25) is 0 Å². The van der Waals surface area contributed by atoms with Crippen molar-refractivity contribution >= 4 is 0 Å². The molecule has 0 N–H and O–H groups in total. The van der Waals surface area contributed by atoms with Crippen LogP contribution in [0.25, 0.3) is 33.8 Å². The maximum absolute atomic E-state index is 5.23. The Morgan fingerprint density at radius 3 is 2.23 bits per heavy atom. The molecule has 126 valence electrons. The fraction of sp³-hybridized carbons (Fsp3) is 0.0455. The summed E-state index contributed by atoms with van der Waals surface area (Å²) >= 11 is 0. The van der Waals surface area contributed by atoms with E-state index in [-0.39, 0.29) is 0 Å². The highest BCUT2D eigenvalue weighted by Crippen LogP contribution is 2.30. The Labute approximate surface area is 152 Å². The third-order valence-corrected chi connectivity index (χ3v) is 4.17. The number of pyridine rings is 3. The first-order valence-electron chi connectivity index (χ1n) is 8.32. The van der Waals surface area contributed by atoms with Crippen LogP contribution in [0.3, 0.4) is 0 Å². The van der Waals surface area contributed by atoms with E-state index in [1.54, 1.807) is 19.5 Å². The lowest BCUT2D eigenvalue weighted by Crippen LogP contribution is -1.93. The molecule has 0 spiro atoms. The Morgan fingerprint density at radius 2 is 1.46 bits per heavy atom. The molecule has 0 saturated heterocycles. The third kappa shape index (κ3) is 3.17. The maximum atomic E-state index is 5.23. The summed E-state index contributed by atoms with van der Waals surface area (Å²) in [6, 6.07) is 21.8. The SMILES string of the molecule is COc1ccc(-c2ccnc(-c3ncccc3-c3ccccn3)c2)cc1. The summed E-state index contributed by atoms with van der Waals surface area (Å²) in [6.07, 6.45) is 5.38. The molecule has 0 saturated carbocycles. The molecule has 0 aliphatic heterocycles. The van der Waals surface area contributed by atoms with E-state index < -0.39 is 0 Å². The number of nitrogens with zero attached hydrogens (tertiary/aromatic N) is 3. The molecule has 0 unspecified atom stereocenters. The average molecular weight is 339 g/mol. The molecule has 1 aromatic carbocycles. The van der Waals surface area contributed by atoms with Crippen molar-refractivity contribution in [3.63, 3.8) is 0 Å². The normalized spacial score (nSPS) is 10.5. The molecule has 4 heteroatoms.